The first-order chi connectivity index (χ1) is 26.5. The lowest BCUT2D eigenvalue weighted by Gasteiger charge is -2.31. The van der Waals surface area contributed by atoms with Crippen molar-refractivity contribution in [3.8, 4) is 0 Å². The highest BCUT2D eigenvalue weighted by atomic mass is 16.5. The molecule has 1 aliphatic heterocycles. The first-order valence-electron chi connectivity index (χ1n) is 18.8. The number of fused-ring (bicyclic) bond motifs is 1. The fraction of sp³-hybridized carbons (Fsp3) is 0.349. The molecule has 5 N–H and O–H groups in total. The summed E-state index contributed by atoms with van der Waals surface area (Å²) in [6, 6.07) is 30.4. The third-order valence-electron chi connectivity index (χ3n) is 9.38. The van der Waals surface area contributed by atoms with E-state index in [0.717, 1.165) is 34.0 Å². The van der Waals surface area contributed by atoms with E-state index in [0.29, 0.717) is 24.5 Å². The molecule has 0 unspecified atom stereocenters. The van der Waals surface area contributed by atoms with Gasteiger partial charge in [0.25, 0.3) is 5.91 Å². The normalized spacial score (nSPS) is 14.3. The molecule has 55 heavy (non-hydrogen) atoms. The van der Waals surface area contributed by atoms with Crippen LogP contribution in [0.4, 0.5) is 10.5 Å². The van der Waals surface area contributed by atoms with Gasteiger partial charge in [-0.2, -0.15) is 0 Å². The number of nitrogens with zero attached hydrogens (tertiary/aromatic N) is 3. The summed E-state index contributed by atoms with van der Waals surface area (Å²) in [7, 11) is 0. The van der Waals surface area contributed by atoms with Crippen molar-refractivity contribution >= 4 is 40.3 Å². The topological polar surface area (TPSA) is 158 Å². The molecule has 0 bridgehead atoms. The maximum atomic E-state index is 14.7. The number of aliphatic hydroxyl groups is 1. The van der Waals surface area contributed by atoms with Crippen molar-refractivity contribution in [3.63, 3.8) is 0 Å². The van der Waals surface area contributed by atoms with Crippen LogP contribution in [0.5, 0.6) is 0 Å². The molecule has 0 aromatic heterocycles. The summed E-state index contributed by atoms with van der Waals surface area (Å²) in [6.07, 6.45) is 1.24. The van der Waals surface area contributed by atoms with Gasteiger partial charge in [0, 0.05) is 30.2 Å². The van der Waals surface area contributed by atoms with Gasteiger partial charge < -0.3 is 25.8 Å². The molecular weight excluding hydrogens is 697 g/mol. The number of rotatable bonds is 16. The largest absolute Gasteiger partial charge is 0.445 e. The Morgan fingerprint density at radius 1 is 0.855 bits per heavy atom. The van der Waals surface area contributed by atoms with Crippen LogP contribution in [0.3, 0.4) is 0 Å². The van der Waals surface area contributed by atoms with Gasteiger partial charge in [0.15, 0.2) is 0 Å². The fourth-order valence-electron chi connectivity index (χ4n) is 6.42. The lowest BCUT2D eigenvalue weighted by atomic mass is 10.0. The van der Waals surface area contributed by atoms with Crippen LogP contribution in [0.2, 0.25) is 0 Å². The van der Waals surface area contributed by atoms with Crippen molar-refractivity contribution < 1.29 is 29.0 Å². The van der Waals surface area contributed by atoms with Crippen LogP contribution in [0.25, 0.3) is 10.8 Å². The molecule has 12 nitrogen and oxygen atoms in total. The van der Waals surface area contributed by atoms with Gasteiger partial charge in [-0.1, -0.05) is 111 Å². The predicted molar refractivity (Wildman–Crippen MR) is 213 cm³/mol. The van der Waals surface area contributed by atoms with Crippen molar-refractivity contribution in [3.05, 3.63) is 126 Å². The number of hydrogen-bond donors (Lipinski definition) is 4. The van der Waals surface area contributed by atoms with Gasteiger partial charge in [0.2, 0.25) is 11.8 Å². The zero-order valence-corrected chi connectivity index (χ0v) is 31.8. The highest BCUT2D eigenvalue weighted by Gasteiger charge is 2.35. The number of hydrogen-bond acceptors (Lipinski definition) is 8. The van der Waals surface area contributed by atoms with Crippen LogP contribution < -0.4 is 21.4 Å². The van der Waals surface area contributed by atoms with Gasteiger partial charge in [-0.05, 0) is 54.7 Å². The molecule has 0 aliphatic carbocycles. The Bertz CT molecular complexity index is 1930. The van der Waals surface area contributed by atoms with E-state index in [1.54, 1.807) is 13.1 Å². The number of hydrazine groups is 1. The first-order valence-corrected chi connectivity index (χ1v) is 18.8. The van der Waals surface area contributed by atoms with Crippen LogP contribution in [0.15, 0.2) is 115 Å². The molecule has 0 radical (unpaired) electrons. The van der Waals surface area contributed by atoms with Crippen LogP contribution in [-0.2, 0) is 32.1 Å². The predicted octanol–water partition coefficient (Wildman–Crippen LogP) is 5.61. The summed E-state index contributed by atoms with van der Waals surface area (Å²) in [5.74, 6) is -1.10. The molecule has 0 saturated carbocycles. The van der Waals surface area contributed by atoms with Crippen LogP contribution in [0.1, 0.15) is 57.6 Å². The van der Waals surface area contributed by atoms with Crippen LogP contribution >= 0.6 is 0 Å². The van der Waals surface area contributed by atoms with Gasteiger partial charge in [-0.25, -0.2) is 4.79 Å². The number of anilines is 1. The SMILES string of the molecule is CC(C)CC[C@H](O)CC(=O)NN(CCc1ccccc1)C(=O)[C@H](CC1=CN(C(=O)[C@H](C)N)CN1c1cccc2ccccc12)NC(=O)OCc1ccccc1. The molecule has 1 aliphatic rings. The molecule has 4 aromatic carbocycles. The van der Waals surface area contributed by atoms with E-state index in [-0.39, 0.29) is 38.6 Å². The van der Waals surface area contributed by atoms with E-state index < -0.39 is 36.1 Å². The van der Waals surface area contributed by atoms with E-state index in [1.165, 1.54) is 9.91 Å². The summed E-state index contributed by atoms with van der Waals surface area (Å²) in [4.78, 5) is 58.2. The summed E-state index contributed by atoms with van der Waals surface area (Å²) < 4.78 is 5.57. The minimum Gasteiger partial charge on any atom is -0.445 e. The average molecular weight is 749 g/mol. The number of nitrogens with one attached hydrogen (secondary N) is 2. The van der Waals surface area contributed by atoms with Crippen molar-refractivity contribution in [2.75, 3.05) is 18.1 Å². The first kappa shape index (κ1) is 40.5. The maximum Gasteiger partial charge on any atom is 0.408 e. The van der Waals surface area contributed by atoms with E-state index in [2.05, 4.69) is 10.7 Å². The van der Waals surface area contributed by atoms with Crippen LogP contribution in [0, 0.1) is 5.92 Å². The summed E-state index contributed by atoms with van der Waals surface area (Å²) in [5, 5.41) is 16.5. The van der Waals surface area contributed by atoms with Gasteiger partial charge in [0.1, 0.15) is 19.3 Å². The van der Waals surface area contributed by atoms with Gasteiger partial charge in [0.05, 0.1) is 24.3 Å². The third-order valence-corrected chi connectivity index (χ3v) is 9.38. The third kappa shape index (κ3) is 11.6. The highest BCUT2D eigenvalue weighted by molar-refractivity contribution is 5.96. The average Bonchev–Trinajstić information content (AvgIpc) is 3.60. The highest BCUT2D eigenvalue weighted by Crippen LogP contribution is 2.34. The minimum atomic E-state index is -1.25. The van der Waals surface area contributed by atoms with Crippen LogP contribution in [-0.4, -0.2) is 70.2 Å². The maximum absolute atomic E-state index is 14.7. The second-order valence-corrected chi connectivity index (χ2v) is 14.3. The second kappa shape index (κ2) is 19.6. The summed E-state index contributed by atoms with van der Waals surface area (Å²) >= 11 is 0. The number of carbonyl (C=O) groups is 4. The Labute approximate surface area is 322 Å². The molecule has 3 atom stereocenters. The van der Waals surface area contributed by atoms with Gasteiger partial charge >= 0.3 is 6.09 Å². The number of benzene rings is 4. The Morgan fingerprint density at radius 3 is 2.20 bits per heavy atom. The molecule has 4 amide bonds. The number of aliphatic hydroxyl groups excluding tert-OH is 1. The van der Waals surface area contributed by atoms with Crippen molar-refractivity contribution in [1.82, 2.24) is 20.7 Å². The zero-order chi connectivity index (χ0) is 39.3. The van der Waals surface area contributed by atoms with Crippen molar-refractivity contribution in [2.45, 2.75) is 77.7 Å². The Balaban J connectivity index is 1.47. The second-order valence-electron chi connectivity index (χ2n) is 14.3. The minimum absolute atomic E-state index is 0.0300. The van der Waals surface area contributed by atoms with Gasteiger partial charge in [-0.3, -0.25) is 29.7 Å². The molecule has 0 fully saturated rings. The molecular formula is C43H52N6O6. The number of carbonyl (C=O) groups excluding carboxylic acids is 4. The number of nitrogens with two attached hydrogens (primary N) is 1. The smallest absolute Gasteiger partial charge is 0.408 e. The Kier molecular flexibility index (Phi) is 14.4. The van der Waals surface area contributed by atoms with Crippen molar-refractivity contribution in [2.24, 2.45) is 11.7 Å². The van der Waals surface area contributed by atoms with E-state index in [4.69, 9.17) is 10.5 Å². The quantitative estimate of drug-likeness (QED) is 0.108. The fourth-order valence-corrected chi connectivity index (χ4v) is 6.42. The molecule has 1 heterocycles. The molecule has 12 heteroatoms. The summed E-state index contributed by atoms with van der Waals surface area (Å²) in [6.45, 7) is 5.88. The standard InChI is InChI=1S/C43H52N6O6/c1-30(2)21-22-36(50)26-40(51)46-49(24-23-32-13-6-4-7-14-32)42(53)38(45-43(54)55-28-33-15-8-5-9-16-33)25-35-27-47(41(52)31(3)44)29-48(35)39-20-12-18-34-17-10-11-19-37(34)39/h4-20,27,30-31,36,38,50H,21-26,28-29,44H2,1-3H3,(H,45,54)(H,46,51)/t31-,36-,38-/m0/s1. The molecule has 290 valence electrons. The van der Waals surface area contributed by atoms with E-state index in [1.807, 2.05) is 122 Å². The zero-order valence-electron chi connectivity index (χ0n) is 31.8. The van der Waals surface area contributed by atoms with Gasteiger partial charge in [-0.15, -0.1) is 0 Å². The molecule has 5 rings (SSSR count). The van der Waals surface area contributed by atoms with E-state index >= 15 is 0 Å². The monoisotopic (exact) mass is 748 g/mol. The number of alkyl carbamates (subject to hydrolysis) is 1. The number of ether oxygens (including phenoxy) is 1. The van der Waals surface area contributed by atoms with E-state index in [9.17, 15) is 24.3 Å². The summed E-state index contributed by atoms with van der Waals surface area (Å²) in [5.41, 5.74) is 11.8. The Morgan fingerprint density at radius 2 is 1.51 bits per heavy atom. The molecule has 0 spiro atoms. The lowest BCUT2D eigenvalue weighted by molar-refractivity contribution is -0.143. The lowest BCUT2D eigenvalue weighted by Crippen LogP contribution is -2.56. The number of amides is 4. The molecule has 0 saturated heterocycles. The van der Waals surface area contributed by atoms with Crippen molar-refractivity contribution in [1.29, 1.82) is 0 Å². The Hall–Kier alpha value is -5.72. The molecule has 4 aromatic rings.